The van der Waals surface area contributed by atoms with Crippen molar-refractivity contribution in [1.29, 1.82) is 0 Å². The average Bonchev–Trinajstić information content (AvgIpc) is 2.26. The molecule has 0 fully saturated rings. The summed E-state index contributed by atoms with van der Waals surface area (Å²) in [6.07, 6.45) is 0.663. The van der Waals surface area contributed by atoms with Gasteiger partial charge >= 0.3 is 0 Å². The molecule has 1 rings (SSSR count). The Morgan fingerprint density at radius 1 is 1.56 bits per heavy atom. The molecule has 1 aromatic rings. The Bertz CT molecular complexity index is 438. The highest BCUT2D eigenvalue weighted by atomic mass is 79.9. The molecule has 0 aliphatic carbocycles. The van der Waals surface area contributed by atoms with Crippen molar-refractivity contribution in [3.8, 4) is 0 Å². The molecule has 0 aliphatic heterocycles. The number of benzene rings is 1. The lowest BCUT2D eigenvalue weighted by Gasteiger charge is -2.07. The normalized spacial score (nSPS) is 13.9. The molecule has 0 saturated carbocycles. The van der Waals surface area contributed by atoms with Crippen LogP contribution in [0.3, 0.4) is 0 Å². The smallest absolute Gasteiger partial charge is 0.236 e. The van der Waals surface area contributed by atoms with E-state index in [-0.39, 0.29) is 17.7 Å². The van der Waals surface area contributed by atoms with Crippen LogP contribution in [0.5, 0.6) is 0 Å². The molecule has 2 atom stereocenters. The highest BCUT2D eigenvalue weighted by molar-refractivity contribution is 9.10. The van der Waals surface area contributed by atoms with Crippen molar-refractivity contribution >= 4 is 38.3 Å². The quantitative estimate of drug-likeness (QED) is 0.835. The van der Waals surface area contributed by atoms with Crippen LogP contribution in [0.1, 0.15) is 13.3 Å². The molecule has 0 spiro atoms. The van der Waals surface area contributed by atoms with E-state index >= 15 is 0 Å². The van der Waals surface area contributed by atoms with Crippen LogP contribution >= 0.6 is 15.9 Å². The summed E-state index contributed by atoms with van der Waals surface area (Å²) < 4.78 is 12.5. The lowest BCUT2D eigenvalue weighted by atomic mass is 10.3. The molecule has 100 valence electrons. The third kappa shape index (κ3) is 6.28. The van der Waals surface area contributed by atoms with E-state index in [2.05, 4.69) is 21.2 Å². The molecular formula is C12H17BrN2O2S. The summed E-state index contributed by atoms with van der Waals surface area (Å²) in [5, 5.41) is 2.71. The second-order valence-corrected chi connectivity index (χ2v) is 6.61. The van der Waals surface area contributed by atoms with Crippen LogP contribution in [0.2, 0.25) is 0 Å². The van der Waals surface area contributed by atoms with Gasteiger partial charge in [0, 0.05) is 32.8 Å². The number of nitrogens with one attached hydrogen (secondary N) is 1. The Kier molecular flexibility index (Phi) is 6.52. The number of amides is 1. The topological polar surface area (TPSA) is 72.2 Å². The zero-order chi connectivity index (χ0) is 13.5. The van der Waals surface area contributed by atoms with Crippen molar-refractivity contribution < 1.29 is 9.00 Å². The Morgan fingerprint density at radius 3 is 2.89 bits per heavy atom. The number of carbonyl (C=O) groups is 1. The largest absolute Gasteiger partial charge is 0.328 e. The Morgan fingerprint density at radius 2 is 2.28 bits per heavy atom. The summed E-state index contributed by atoms with van der Waals surface area (Å²) in [6, 6.07) is 7.29. The second kappa shape index (κ2) is 7.66. The fourth-order valence-corrected chi connectivity index (χ4v) is 2.84. The number of hydrogen-bond donors (Lipinski definition) is 2. The van der Waals surface area contributed by atoms with Gasteiger partial charge in [0.1, 0.15) is 5.75 Å². The number of nitrogens with two attached hydrogens (primary N) is 1. The molecule has 1 aromatic carbocycles. The summed E-state index contributed by atoms with van der Waals surface area (Å²) in [5.41, 5.74) is 6.26. The van der Waals surface area contributed by atoms with Crippen molar-refractivity contribution in [2.24, 2.45) is 5.73 Å². The van der Waals surface area contributed by atoms with Gasteiger partial charge < -0.3 is 11.1 Å². The first-order valence-corrected chi connectivity index (χ1v) is 7.91. The van der Waals surface area contributed by atoms with Crippen LogP contribution in [0, 0.1) is 0 Å². The van der Waals surface area contributed by atoms with E-state index in [1.54, 1.807) is 12.1 Å². The zero-order valence-electron chi connectivity index (χ0n) is 10.2. The summed E-state index contributed by atoms with van der Waals surface area (Å²) in [4.78, 5) is 11.6. The average molecular weight is 333 g/mol. The van der Waals surface area contributed by atoms with Crippen LogP contribution in [-0.4, -0.2) is 27.7 Å². The third-order valence-electron chi connectivity index (χ3n) is 2.20. The van der Waals surface area contributed by atoms with Crippen molar-refractivity contribution in [1.82, 2.24) is 0 Å². The number of carbonyl (C=O) groups excluding carboxylic acids is 1. The number of hydrogen-bond acceptors (Lipinski definition) is 3. The van der Waals surface area contributed by atoms with Crippen molar-refractivity contribution in [2.75, 3.05) is 16.8 Å². The minimum atomic E-state index is -1.15. The number of halogens is 1. The van der Waals surface area contributed by atoms with Gasteiger partial charge in [-0.1, -0.05) is 22.0 Å². The van der Waals surface area contributed by atoms with E-state index in [9.17, 15) is 9.00 Å². The molecule has 2 unspecified atom stereocenters. The van der Waals surface area contributed by atoms with Crippen molar-refractivity contribution in [3.05, 3.63) is 28.7 Å². The molecule has 0 aliphatic rings. The lowest BCUT2D eigenvalue weighted by molar-refractivity contribution is -0.113. The van der Waals surface area contributed by atoms with Crippen LogP contribution in [0.4, 0.5) is 5.69 Å². The van der Waals surface area contributed by atoms with Gasteiger partial charge in [0.15, 0.2) is 0 Å². The van der Waals surface area contributed by atoms with Gasteiger partial charge in [-0.2, -0.15) is 0 Å². The second-order valence-electron chi connectivity index (χ2n) is 4.11. The van der Waals surface area contributed by atoms with E-state index in [4.69, 9.17) is 5.73 Å². The minimum Gasteiger partial charge on any atom is -0.328 e. The van der Waals surface area contributed by atoms with Crippen LogP contribution in [0.25, 0.3) is 0 Å². The standard InChI is InChI=1S/C12H17BrN2O2S/c1-9(14)5-6-18(17)8-12(16)15-11-4-2-3-10(13)7-11/h2-4,7,9H,5-6,8,14H2,1H3,(H,15,16). The predicted octanol–water partition coefficient (Wildman–Crippen LogP) is 1.87. The van der Waals surface area contributed by atoms with Gasteiger partial charge in [-0.15, -0.1) is 0 Å². The SMILES string of the molecule is CC(N)CCS(=O)CC(=O)Nc1cccc(Br)c1. The maximum atomic E-state index is 11.6. The molecule has 0 saturated heterocycles. The van der Waals surface area contributed by atoms with Crippen LogP contribution < -0.4 is 11.1 Å². The van der Waals surface area contributed by atoms with E-state index < -0.39 is 10.8 Å². The van der Waals surface area contributed by atoms with Gasteiger partial charge in [0.05, 0.1) is 0 Å². The van der Waals surface area contributed by atoms with Crippen molar-refractivity contribution in [3.63, 3.8) is 0 Å². The maximum absolute atomic E-state index is 11.6. The summed E-state index contributed by atoms with van der Waals surface area (Å²) >= 11 is 3.32. The predicted molar refractivity (Wildman–Crippen MR) is 78.9 cm³/mol. The fraction of sp³-hybridized carbons (Fsp3) is 0.417. The van der Waals surface area contributed by atoms with Crippen molar-refractivity contribution in [2.45, 2.75) is 19.4 Å². The Hall–Kier alpha value is -0.720. The van der Waals surface area contributed by atoms with E-state index in [1.165, 1.54) is 0 Å². The molecule has 6 heteroatoms. The van der Waals surface area contributed by atoms with Gasteiger partial charge in [-0.25, -0.2) is 0 Å². The zero-order valence-corrected chi connectivity index (χ0v) is 12.6. The molecule has 0 heterocycles. The Balaban J connectivity index is 2.40. The molecule has 0 radical (unpaired) electrons. The molecule has 4 nitrogen and oxygen atoms in total. The van der Waals surface area contributed by atoms with E-state index in [1.807, 2.05) is 19.1 Å². The molecule has 18 heavy (non-hydrogen) atoms. The molecule has 3 N–H and O–H groups in total. The van der Waals surface area contributed by atoms with Gasteiger partial charge in [0.2, 0.25) is 5.91 Å². The van der Waals surface area contributed by atoms with Gasteiger partial charge in [-0.05, 0) is 31.5 Å². The van der Waals surface area contributed by atoms with Crippen LogP contribution in [-0.2, 0) is 15.6 Å². The fourth-order valence-electron chi connectivity index (χ4n) is 1.30. The maximum Gasteiger partial charge on any atom is 0.236 e. The first-order chi connectivity index (χ1) is 8.47. The van der Waals surface area contributed by atoms with E-state index in [0.29, 0.717) is 17.9 Å². The highest BCUT2D eigenvalue weighted by Crippen LogP contribution is 2.15. The summed E-state index contributed by atoms with van der Waals surface area (Å²) in [5.74, 6) is 0.235. The van der Waals surface area contributed by atoms with Crippen LogP contribution in [0.15, 0.2) is 28.7 Å². The lowest BCUT2D eigenvalue weighted by Crippen LogP contribution is -2.23. The minimum absolute atomic E-state index is 0.0131. The van der Waals surface area contributed by atoms with Gasteiger partial charge in [-0.3, -0.25) is 9.00 Å². The molecule has 0 bridgehead atoms. The molecule has 0 aromatic heterocycles. The molecule has 1 amide bonds. The first kappa shape index (κ1) is 15.3. The third-order valence-corrected chi connectivity index (χ3v) is 3.97. The first-order valence-electron chi connectivity index (χ1n) is 5.63. The van der Waals surface area contributed by atoms with Gasteiger partial charge in [0.25, 0.3) is 0 Å². The summed E-state index contributed by atoms with van der Waals surface area (Å²) in [7, 11) is -1.15. The number of anilines is 1. The molecular weight excluding hydrogens is 316 g/mol. The Labute approximate surface area is 118 Å². The number of rotatable bonds is 6. The highest BCUT2D eigenvalue weighted by Gasteiger charge is 2.09. The van der Waals surface area contributed by atoms with E-state index in [0.717, 1.165) is 4.47 Å². The monoisotopic (exact) mass is 332 g/mol. The summed E-state index contributed by atoms with van der Waals surface area (Å²) in [6.45, 7) is 1.86.